The molecule has 3 N–H and O–H groups in total. The summed E-state index contributed by atoms with van der Waals surface area (Å²) in [6, 6.07) is 22.6. The van der Waals surface area contributed by atoms with Gasteiger partial charge in [-0.05, 0) is 71.5 Å². The summed E-state index contributed by atoms with van der Waals surface area (Å²) in [6.45, 7) is 4.23. The van der Waals surface area contributed by atoms with E-state index >= 15 is 0 Å². The van der Waals surface area contributed by atoms with Crippen molar-refractivity contribution in [1.82, 2.24) is 10.3 Å². The van der Waals surface area contributed by atoms with Crippen molar-refractivity contribution in [3.63, 3.8) is 0 Å². The van der Waals surface area contributed by atoms with E-state index in [1.807, 2.05) is 86.6 Å². The molecule has 0 aliphatic carbocycles. The van der Waals surface area contributed by atoms with Gasteiger partial charge in [-0.1, -0.05) is 48.5 Å². The van der Waals surface area contributed by atoms with Crippen LogP contribution in [0.2, 0.25) is 0 Å². The van der Waals surface area contributed by atoms with Crippen LogP contribution in [0.3, 0.4) is 0 Å². The molecule has 0 fully saturated rings. The Morgan fingerprint density at radius 1 is 0.833 bits per heavy atom. The fourth-order valence-electron chi connectivity index (χ4n) is 5.31. The van der Waals surface area contributed by atoms with Crippen molar-refractivity contribution in [2.45, 2.75) is 32.6 Å². The lowest BCUT2D eigenvalue weighted by atomic mass is 9.83. The van der Waals surface area contributed by atoms with Gasteiger partial charge >= 0.3 is 0 Å². The van der Waals surface area contributed by atoms with Crippen LogP contribution in [-0.4, -0.2) is 16.7 Å². The smallest absolute Gasteiger partial charge is 0.251 e. The molecule has 2 aliphatic heterocycles. The third-order valence-electron chi connectivity index (χ3n) is 7.14. The number of benzene rings is 3. The van der Waals surface area contributed by atoms with Crippen LogP contribution in [0.15, 0.2) is 72.8 Å². The van der Waals surface area contributed by atoms with Crippen molar-refractivity contribution in [2.24, 2.45) is 0 Å². The van der Waals surface area contributed by atoms with E-state index in [9.17, 15) is 9.59 Å². The third kappa shape index (κ3) is 3.58. The first-order valence-electron chi connectivity index (χ1n) is 11.9. The number of hydrogen-bond donors (Lipinski definition) is 2. The molecule has 1 amide bonds. The Bertz CT molecular complexity index is 1520. The van der Waals surface area contributed by atoms with Crippen LogP contribution in [-0.2, 0) is 11.3 Å². The van der Waals surface area contributed by atoms with Gasteiger partial charge in [-0.3, -0.25) is 9.59 Å². The van der Waals surface area contributed by atoms with Gasteiger partial charge in [-0.25, -0.2) is 4.98 Å². The number of carbonyl (C=O) groups is 2. The van der Waals surface area contributed by atoms with Crippen LogP contribution in [0.25, 0.3) is 0 Å². The molecule has 3 heterocycles. The van der Waals surface area contributed by atoms with E-state index in [0.29, 0.717) is 29.1 Å². The highest BCUT2D eigenvalue weighted by molar-refractivity contribution is 6.09. The van der Waals surface area contributed by atoms with E-state index in [1.54, 1.807) is 0 Å². The molecule has 2 aliphatic rings. The largest absolute Gasteiger partial charge is 0.384 e. The molecule has 0 saturated carbocycles. The Hall–Kier alpha value is -4.29. The Morgan fingerprint density at radius 2 is 1.47 bits per heavy atom. The second-order valence-corrected chi connectivity index (χ2v) is 9.39. The molecule has 4 aromatic rings. The van der Waals surface area contributed by atoms with E-state index in [2.05, 4.69) is 10.3 Å². The number of nitrogens with one attached hydrogen (secondary N) is 1. The molecule has 2 bridgehead atoms. The Balaban J connectivity index is 1.25. The minimum atomic E-state index is -0.290. The normalized spacial score (nSPS) is 16.9. The fraction of sp³-hybridized carbons (Fsp3) is 0.167. The lowest BCUT2D eigenvalue weighted by Crippen LogP contribution is -2.24. The maximum absolute atomic E-state index is 13.0. The Kier molecular flexibility index (Phi) is 5.20. The van der Waals surface area contributed by atoms with Gasteiger partial charge in [-0.15, -0.1) is 0 Å². The fourth-order valence-corrected chi connectivity index (χ4v) is 5.31. The third-order valence-corrected chi connectivity index (χ3v) is 7.14. The van der Waals surface area contributed by atoms with Gasteiger partial charge in [-0.2, -0.15) is 0 Å². The number of nitrogens with two attached hydrogens (primary N) is 1. The number of ketones is 1. The molecule has 0 spiro atoms. The van der Waals surface area contributed by atoms with Crippen molar-refractivity contribution in [3.05, 3.63) is 129 Å². The highest BCUT2D eigenvalue weighted by Gasteiger charge is 2.43. The molecule has 36 heavy (non-hydrogen) atoms. The number of fused-ring (bicyclic) bond motifs is 8. The van der Waals surface area contributed by atoms with Crippen molar-refractivity contribution in [3.8, 4) is 0 Å². The number of ether oxygens (including phenoxy) is 1. The van der Waals surface area contributed by atoms with Crippen LogP contribution in [0.1, 0.15) is 77.6 Å². The number of carbonyl (C=O) groups excluding carboxylic acids is 2. The molecule has 3 aromatic carbocycles. The quantitative estimate of drug-likeness (QED) is 0.398. The van der Waals surface area contributed by atoms with Gasteiger partial charge in [0, 0.05) is 28.9 Å². The molecular formula is C30H25N3O3. The highest BCUT2D eigenvalue weighted by Crippen LogP contribution is 2.54. The summed E-state index contributed by atoms with van der Waals surface area (Å²) in [7, 11) is 0. The summed E-state index contributed by atoms with van der Waals surface area (Å²) in [4.78, 5) is 30.3. The van der Waals surface area contributed by atoms with E-state index in [0.717, 1.165) is 39.1 Å². The standard InChI is InChI=1S/C30H25N3O3/c1-16-12-26(31)33-17(2)25(16)15-32-30(35)20-9-11-22-24(14-20)29-23-13-19(8-10-21(23)28(22)36-29)27(34)18-6-4-3-5-7-18/h3-14,28-29H,15H2,1-2H3,(H2,31,33)(H,32,35)/t28-,29+/m0/s1. The zero-order chi connectivity index (χ0) is 25.0. The lowest BCUT2D eigenvalue weighted by molar-refractivity contribution is 0.0857. The first-order valence-corrected chi connectivity index (χ1v) is 11.9. The molecule has 0 saturated heterocycles. The van der Waals surface area contributed by atoms with Crippen molar-refractivity contribution < 1.29 is 14.3 Å². The van der Waals surface area contributed by atoms with Crippen molar-refractivity contribution in [1.29, 1.82) is 0 Å². The topological polar surface area (TPSA) is 94.3 Å². The zero-order valence-electron chi connectivity index (χ0n) is 20.0. The molecular weight excluding hydrogens is 450 g/mol. The number of aromatic nitrogens is 1. The average molecular weight is 476 g/mol. The maximum atomic E-state index is 13.0. The molecule has 0 unspecified atom stereocenters. The van der Waals surface area contributed by atoms with Crippen molar-refractivity contribution >= 4 is 17.5 Å². The summed E-state index contributed by atoms with van der Waals surface area (Å²) < 4.78 is 6.30. The minimum Gasteiger partial charge on any atom is -0.384 e. The summed E-state index contributed by atoms with van der Waals surface area (Å²) >= 11 is 0. The Morgan fingerprint density at radius 3 is 2.17 bits per heavy atom. The molecule has 0 radical (unpaired) electrons. The number of amides is 1. The van der Waals surface area contributed by atoms with Crippen LogP contribution < -0.4 is 11.1 Å². The summed E-state index contributed by atoms with van der Waals surface area (Å²) in [5, 5.41) is 3.01. The molecule has 6 rings (SSSR count). The van der Waals surface area contributed by atoms with E-state index in [1.165, 1.54) is 0 Å². The molecule has 6 heteroatoms. The van der Waals surface area contributed by atoms with Crippen LogP contribution in [0.4, 0.5) is 5.82 Å². The van der Waals surface area contributed by atoms with Crippen LogP contribution in [0, 0.1) is 13.8 Å². The lowest BCUT2D eigenvalue weighted by Gasteiger charge is -2.18. The molecule has 2 atom stereocenters. The van der Waals surface area contributed by atoms with Gasteiger partial charge in [0.15, 0.2) is 5.78 Å². The van der Waals surface area contributed by atoms with Crippen molar-refractivity contribution in [2.75, 3.05) is 5.73 Å². The van der Waals surface area contributed by atoms with E-state index in [-0.39, 0.29) is 23.9 Å². The number of nitrogen functional groups attached to an aromatic ring is 1. The molecule has 1 aromatic heterocycles. The van der Waals surface area contributed by atoms with E-state index in [4.69, 9.17) is 10.5 Å². The monoisotopic (exact) mass is 475 g/mol. The first-order chi connectivity index (χ1) is 17.4. The van der Waals surface area contributed by atoms with Gasteiger partial charge in [0.05, 0.1) is 0 Å². The van der Waals surface area contributed by atoms with E-state index < -0.39 is 0 Å². The minimum absolute atomic E-state index is 0.0164. The highest BCUT2D eigenvalue weighted by atomic mass is 16.5. The summed E-state index contributed by atoms with van der Waals surface area (Å²) in [5.74, 6) is 0.296. The number of anilines is 1. The summed E-state index contributed by atoms with van der Waals surface area (Å²) in [6.07, 6.45) is -0.466. The number of pyridine rings is 1. The second kappa shape index (κ2) is 8.43. The van der Waals surface area contributed by atoms with Gasteiger partial charge in [0.1, 0.15) is 18.0 Å². The molecule has 178 valence electrons. The van der Waals surface area contributed by atoms with Crippen LogP contribution >= 0.6 is 0 Å². The Labute approximate surface area is 209 Å². The van der Waals surface area contributed by atoms with Gasteiger partial charge in [0.25, 0.3) is 5.91 Å². The molecule has 6 nitrogen and oxygen atoms in total. The second-order valence-electron chi connectivity index (χ2n) is 9.39. The predicted octanol–water partition coefficient (Wildman–Crippen LogP) is 4.96. The maximum Gasteiger partial charge on any atom is 0.251 e. The van der Waals surface area contributed by atoms with Gasteiger partial charge in [0.2, 0.25) is 0 Å². The number of hydrogen-bond acceptors (Lipinski definition) is 5. The average Bonchev–Trinajstić information content (AvgIpc) is 3.45. The summed E-state index contributed by atoms with van der Waals surface area (Å²) in [5.41, 5.74) is 14.6. The first kappa shape index (κ1) is 22.2. The number of aryl methyl sites for hydroxylation is 2. The SMILES string of the molecule is Cc1cc(N)nc(C)c1CNC(=O)c1ccc2c(c1)[C@@H]1O[C@H]2c2ccc(C(=O)c3ccccc3)cc21. The number of nitrogens with zero attached hydrogens (tertiary/aromatic N) is 1. The zero-order valence-corrected chi connectivity index (χ0v) is 20.0. The number of rotatable bonds is 5. The van der Waals surface area contributed by atoms with Gasteiger partial charge < -0.3 is 15.8 Å². The van der Waals surface area contributed by atoms with Crippen LogP contribution in [0.5, 0.6) is 0 Å². The predicted molar refractivity (Wildman–Crippen MR) is 137 cm³/mol.